The van der Waals surface area contributed by atoms with Crippen molar-refractivity contribution in [3.63, 3.8) is 0 Å². The van der Waals surface area contributed by atoms with Crippen molar-refractivity contribution in [3.8, 4) is 0 Å². The molecule has 2 aromatic rings. The summed E-state index contributed by atoms with van der Waals surface area (Å²) >= 11 is 0. The van der Waals surface area contributed by atoms with E-state index in [2.05, 4.69) is 22.8 Å². The van der Waals surface area contributed by atoms with E-state index >= 15 is 0 Å². The van der Waals surface area contributed by atoms with Crippen LogP contribution in [0.4, 0.5) is 21.9 Å². The molecule has 29 heavy (non-hydrogen) atoms. The minimum atomic E-state index is -0.513. The molecule has 2 amide bonds. The summed E-state index contributed by atoms with van der Waals surface area (Å²) in [7, 11) is 0. The molecule has 0 aromatic heterocycles. The van der Waals surface area contributed by atoms with Crippen molar-refractivity contribution in [2.24, 2.45) is 0 Å². The Labute approximate surface area is 172 Å². The number of carbonyl (C=O) groups is 2. The molecule has 0 radical (unpaired) electrons. The Bertz CT molecular complexity index is 902. The first-order valence-corrected chi connectivity index (χ1v) is 9.97. The highest BCUT2D eigenvalue weighted by atomic mass is 16.6. The van der Waals surface area contributed by atoms with E-state index in [9.17, 15) is 9.59 Å². The maximum atomic E-state index is 12.5. The molecule has 0 saturated heterocycles. The highest BCUT2D eigenvalue weighted by Gasteiger charge is 2.23. The van der Waals surface area contributed by atoms with Crippen molar-refractivity contribution in [1.82, 2.24) is 5.32 Å². The Kier molecular flexibility index (Phi) is 6.11. The lowest BCUT2D eigenvalue weighted by Gasteiger charge is -2.24. The highest BCUT2D eigenvalue weighted by molar-refractivity contribution is 6.01. The smallest absolute Gasteiger partial charge is 0.407 e. The predicted octanol–water partition coefficient (Wildman–Crippen LogP) is 4.41. The number of alkyl carbamates (subject to hydrolysis) is 1. The Morgan fingerprint density at radius 1 is 1.00 bits per heavy atom. The third-order valence-corrected chi connectivity index (χ3v) is 4.66. The van der Waals surface area contributed by atoms with Gasteiger partial charge in [0.25, 0.3) is 0 Å². The number of anilines is 3. The van der Waals surface area contributed by atoms with Gasteiger partial charge in [-0.2, -0.15) is 0 Å². The van der Waals surface area contributed by atoms with Gasteiger partial charge in [0.05, 0.1) is 11.4 Å². The molecule has 2 aromatic carbocycles. The number of benzene rings is 2. The minimum Gasteiger partial charge on any atom is -0.444 e. The van der Waals surface area contributed by atoms with Crippen LogP contribution in [0.3, 0.4) is 0 Å². The Hall–Kier alpha value is -3.02. The number of para-hydroxylation sites is 1. The third-order valence-electron chi connectivity index (χ3n) is 4.66. The zero-order chi connectivity index (χ0) is 21.0. The number of hydrogen-bond donors (Lipinski definition) is 2. The van der Waals surface area contributed by atoms with E-state index in [0.717, 1.165) is 35.5 Å². The van der Waals surface area contributed by atoms with Gasteiger partial charge in [-0.3, -0.25) is 9.69 Å². The van der Waals surface area contributed by atoms with Crippen molar-refractivity contribution in [2.45, 2.75) is 46.1 Å². The van der Waals surface area contributed by atoms with Crippen LogP contribution in [0.25, 0.3) is 0 Å². The molecule has 1 heterocycles. The Morgan fingerprint density at radius 2 is 1.69 bits per heavy atom. The van der Waals surface area contributed by atoms with Gasteiger partial charge in [0, 0.05) is 25.7 Å². The number of carbonyl (C=O) groups excluding carboxylic acids is 2. The van der Waals surface area contributed by atoms with Crippen molar-refractivity contribution in [2.75, 3.05) is 23.3 Å². The lowest BCUT2D eigenvalue weighted by atomic mass is 10.0. The van der Waals surface area contributed by atoms with Gasteiger partial charge < -0.3 is 15.4 Å². The van der Waals surface area contributed by atoms with Crippen molar-refractivity contribution < 1.29 is 14.3 Å². The summed E-state index contributed by atoms with van der Waals surface area (Å²) in [6, 6.07) is 14.1. The van der Waals surface area contributed by atoms with Crippen LogP contribution in [0.1, 0.15) is 38.8 Å². The molecule has 1 aliphatic rings. The van der Waals surface area contributed by atoms with Crippen LogP contribution in [-0.4, -0.2) is 30.7 Å². The first-order chi connectivity index (χ1) is 13.7. The van der Waals surface area contributed by atoms with Crippen LogP contribution in [-0.2, 0) is 22.4 Å². The Morgan fingerprint density at radius 3 is 2.38 bits per heavy atom. The van der Waals surface area contributed by atoms with Gasteiger partial charge in [0.1, 0.15) is 5.60 Å². The normalized spacial score (nSPS) is 13.0. The van der Waals surface area contributed by atoms with E-state index < -0.39 is 11.7 Å². The summed E-state index contributed by atoms with van der Waals surface area (Å²) in [5, 5.41) is 6.04. The molecule has 2 N–H and O–H groups in total. The number of ether oxygens (including phenoxy) is 1. The molecule has 6 heteroatoms. The van der Waals surface area contributed by atoms with E-state index in [1.807, 2.05) is 51.1 Å². The van der Waals surface area contributed by atoms with Crippen LogP contribution in [0.15, 0.2) is 42.5 Å². The molecular formula is C23H29N3O3. The van der Waals surface area contributed by atoms with Gasteiger partial charge in [-0.25, -0.2) is 4.79 Å². The van der Waals surface area contributed by atoms with E-state index in [0.29, 0.717) is 13.1 Å². The highest BCUT2D eigenvalue weighted by Crippen LogP contribution is 2.37. The number of aryl methyl sites for hydroxylation is 2. The summed E-state index contributed by atoms with van der Waals surface area (Å²) in [6.45, 7) is 8.08. The lowest BCUT2D eigenvalue weighted by Crippen LogP contribution is -2.35. The van der Waals surface area contributed by atoms with Crippen molar-refractivity contribution in [3.05, 3.63) is 53.6 Å². The average Bonchev–Trinajstić information content (AvgIpc) is 2.80. The first-order valence-electron chi connectivity index (χ1n) is 9.97. The standard InChI is InChI=1S/C23H29N3O3/c1-16(27)26-20-8-6-5-7-17(20)9-10-18-11-12-19(15-21(18)26)24-13-14-25-22(28)29-23(2,3)4/h5-8,11-12,15,24H,9-10,13-14H2,1-4H3,(H,25,28). The van der Waals surface area contributed by atoms with E-state index in [4.69, 9.17) is 4.74 Å². The van der Waals surface area contributed by atoms with Gasteiger partial charge in [-0.05, 0) is 62.9 Å². The molecule has 0 fully saturated rings. The number of hydrogen-bond acceptors (Lipinski definition) is 4. The monoisotopic (exact) mass is 395 g/mol. The van der Waals surface area contributed by atoms with Crippen molar-refractivity contribution >= 4 is 29.1 Å². The van der Waals surface area contributed by atoms with E-state index in [1.165, 1.54) is 5.56 Å². The maximum absolute atomic E-state index is 12.5. The molecule has 0 unspecified atom stereocenters. The zero-order valence-electron chi connectivity index (χ0n) is 17.5. The second-order valence-electron chi connectivity index (χ2n) is 8.18. The van der Waals surface area contributed by atoms with Crippen LogP contribution >= 0.6 is 0 Å². The maximum Gasteiger partial charge on any atom is 0.407 e. The molecule has 0 aliphatic carbocycles. The topological polar surface area (TPSA) is 70.7 Å². The molecule has 0 atom stereocenters. The molecule has 154 valence electrons. The quantitative estimate of drug-likeness (QED) is 0.753. The van der Waals surface area contributed by atoms with Crippen LogP contribution in [0.5, 0.6) is 0 Å². The van der Waals surface area contributed by atoms with Gasteiger partial charge in [-0.15, -0.1) is 0 Å². The molecule has 3 rings (SSSR count). The van der Waals surface area contributed by atoms with Gasteiger partial charge >= 0.3 is 6.09 Å². The summed E-state index contributed by atoms with van der Waals surface area (Å²) in [5.41, 5.74) is 4.57. The fourth-order valence-electron chi connectivity index (χ4n) is 3.46. The predicted molar refractivity (Wildman–Crippen MR) is 116 cm³/mol. The number of fused-ring (bicyclic) bond motifs is 2. The summed E-state index contributed by atoms with van der Waals surface area (Å²) in [5.74, 6) is -0.00987. The van der Waals surface area contributed by atoms with Gasteiger partial charge in [-0.1, -0.05) is 24.3 Å². The number of nitrogens with zero attached hydrogens (tertiary/aromatic N) is 1. The van der Waals surface area contributed by atoms with E-state index in [-0.39, 0.29) is 5.91 Å². The second kappa shape index (κ2) is 8.55. The fourth-order valence-corrected chi connectivity index (χ4v) is 3.46. The van der Waals surface area contributed by atoms with E-state index in [1.54, 1.807) is 11.8 Å². The summed E-state index contributed by atoms with van der Waals surface area (Å²) in [4.78, 5) is 26.0. The van der Waals surface area contributed by atoms with Crippen LogP contribution in [0.2, 0.25) is 0 Å². The third kappa shape index (κ3) is 5.28. The summed E-state index contributed by atoms with van der Waals surface area (Å²) < 4.78 is 5.23. The number of rotatable bonds is 4. The molecule has 6 nitrogen and oxygen atoms in total. The lowest BCUT2D eigenvalue weighted by molar-refractivity contribution is -0.115. The number of amides is 2. The average molecular weight is 396 g/mol. The van der Waals surface area contributed by atoms with Crippen molar-refractivity contribution in [1.29, 1.82) is 0 Å². The summed E-state index contributed by atoms with van der Waals surface area (Å²) in [6.07, 6.45) is 1.36. The first kappa shape index (κ1) is 20.7. The van der Waals surface area contributed by atoms with Crippen LogP contribution in [0, 0.1) is 0 Å². The molecule has 1 aliphatic heterocycles. The molecule has 0 saturated carbocycles. The fraction of sp³-hybridized carbons (Fsp3) is 0.391. The SMILES string of the molecule is CC(=O)N1c2ccccc2CCc2ccc(NCCNC(=O)OC(C)(C)C)cc21. The molecule has 0 bridgehead atoms. The Balaban J connectivity index is 1.70. The molecule has 0 spiro atoms. The number of nitrogens with one attached hydrogen (secondary N) is 2. The van der Waals surface area contributed by atoms with Gasteiger partial charge in [0.2, 0.25) is 5.91 Å². The van der Waals surface area contributed by atoms with Crippen LogP contribution < -0.4 is 15.5 Å². The largest absolute Gasteiger partial charge is 0.444 e. The zero-order valence-corrected chi connectivity index (χ0v) is 17.5. The van der Waals surface area contributed by atoms with Gasteiger partial charge in [0.15, 0.2) is 0 Å². The minimum absolute atomic E-state index is 0.00987. The molecular weight excluding hydrogens is 366 g/mol. The second-order valence-corrected chi connectivity index (χ2v) is 8.18.